The second-order valence-corrected chi connectivity index (χ2v) is 10.2. The lowest BCUT2D eigenvalue weighted by molar-refractivity contribution is -0.192. The molecule has 2 amide bonds. The number of hydrogen-bond acceptors (Lipinski definition) is 7. The number of nitrogens with one attached hydrogen (secondary N) is 1. The van der Waals surface area contributed by atoms with Crippen molar-refractivity contribution < 1.29 is 37.5 Å². The first-order valence-corrected chi connectivity index (χ1v) is 13.7. The zero-order valence-electron chi connectivity index (χ0n) is 23.9. The number of benzene rings is 2. The number of nitrogens with two attached hydrogens (primary N) is 1. The van der Waals surface area contributed by atoms with E-state index >= 15 is 0 Å². The van der Waals surface area contributed by atoms with Gasteiger partial charge in [-0.3, -0.25) is 19.3 Å². The zero-order valence-corrected chi connectivity index (χ0v) is 23.9. The number of carboxylic acids is 1. The Kier molecular flexibility index (Phi) is 10.1. The third kappa shape index (κ3) is 8.17. The number of alkyl halides is 3. The van der Waals surface area contributed by atoms with Gasteiger partial charge in [0.25, 0.3) is 11.8 Å². The molecule has 14 heteroatoms. The highest BCUT2D eigenvalue weighted by Crippen LogP contribution is 2.30. The average Bonchev–Trinajstić information content (AvgIpc) is 3.68. The van der Waals surface area contributed by atoms with Crippen molar-refractivity contribution >= 4 is 23.6 Å². The molecule has 0 spiro atoms. The Morgan fingerprint density at radius 2 is 1.56 bits per heavy atom. The van der Waals surface area contributed by atoms with E-state index in [2.05, 4.69) is 46.4 Å². The summed E-state index contributed by atoms with van der Waals surface area (Å²) < 4.78 is 33.3. The summed E-state index contributed by atoms with van der Waals surface area (Å²) in [5, 5.41) is 14.5. The highest BCUT2D eigenvalue weighted by atomic mass is 19.4. The number of fused-ring (bicyclic) bond motifs is 1. The number of carboxylic acid groups (broad SMARTS) is 1. The second kappa shape index (κ2) is 13.9. The molecule has 1 aliphatic heterocycles. The first-order valence-electron chi connectivity index (χ1n) is 13.7. The van der Waals surface area contributed by atoms with E-state index in [-0.39, 0.29) is 18.0 Å². The van der Waals surface area contributed by atoms with Gasteiger partial charge in [-0.05, 0) is 41.8 Å². The summed E-state index contributed by atoms with van der Waals surface area (Å²) in [5.41, 5.74) is 9.76. The van der Waals surface area contributed by atoms with Crippen molar-refractivity contribution in [1.29, 1.82) is 0 Å². The third-order valence-electron chi connectivity index (χ3n) is 7.09. The Bertz CT molecular complexity index is 1670. The van der Waals surface area contributed by atoms with Crippen LogP contribution in [0.4, 0.5) is 13.2 Å². The van der Waals surface area contributed by atoms with Gasteiger partial charge in [-0.2, -0.15) is 18.3 Å². The first-order chi connectivity index (χ1) is 21.3. The molecule has 45 heavy (non-hydrogen) atoms. The Morgan fingerprint density at radius 3 is 2.13 bits per heavy atom. The predicted octanol–water partition coefficient (Wildman–Crippen LogP) is 3.37. The van der Waals surface area contributed by atoms with Crippen LogP contribution in [0.5, 0.6) is 0 Å². The molecule has 4 aromatic rings. The Hall–Kier alpha value is -5.37. The number of primary amides is 1. The molecular formula is C31H29F3N6O5. The normalized spacial score (nSPS) is 14.0. The summed E-state index contributed by atoms with van der Waals surface area (Å²) in [7, 11) is 0. The van der Waals surface area contributed by atoms with Gasteiger partial charge in [-0.25, -0.2) is 14.5 Å². The van der Waals surface area contributed by atoms with Crippen molar-refractivity contribution in [3.63, 3.8) is 0 Å². The van der Waals surface area contributed by atoms with Gasteiger partial charge in [0.2, 0.25) is 5.78 Å². The number of halogens is 3. The molecule has 4 N–H and O–H groups in total. The molecule has 2 aromatic carbocycles. The molecule has 2 atom stereocenters. The number of ketones is 1. The molecule has 2 aromatic heterocycles. The Balaban J connectivity index is 0.000000591. The molecule has 234 valence electrons. The fraction of sp³-hybridized carbons (Fsp3) is 0.226. The summed E-state index contributed by atoms with van der Waals surface area (Å²) in [4.78, 5) is 53.2. The van der Waals surface area contributed by atoms with Gasteiger partial charge in [-0.15, -0.1) is 0 Å². The monoisotopic (exact) mass is 622 g/mol. The van der Waals surface area contributed by atoms with Crippen LogP contribution in [0.1, 0.15) is 45.7 Å². The lowest BCUT2D eigenvalue weighted by Crippen LogP contribution is -2.47. The minimum atomic E-state index is -5.08. The fourth-order valence-electron chi connectivity index (χ4n) is 4.72. The molecule has 0 radical (unpaired) electrons. The maximum Gasteiger partial charge on any atom is 0.490 e. The van der Waals surface area contributed by atoms with Crippen LogP contribution in [-0.2, 0) is 33.9 Å². The highest BCUT2D eigenvalue weighted by molar-refractivity contribution is 6.38. The van der Waals surface area contributed by atoms with Crippen molar-refractivity contribution in [1.82, 2.24) is 25.0 Å². The average molecular weight is 623 g/mol. The molecule has 0 saturated heterocycles. The maximum absolute atomic E-state index is 13.3. The van der Waals surface area contributed by atoms with E-state index in [1.807, 2.05) is 36.4 Å². The number of aliphatic carboxylic acids is 1. The van der Waals surface area contributed by atoms with Crippen LogP contribution in [0.3, 0.4) is 0 Å². The number of hydrogen-bond donors (Lipinski definition) is 3. The van der Waals surface area contributed by atoms with Crippen LogP contribution in [0.25, 0.3) is 5.82 Å². The quantitative estimate of drug-likeness (QED) is 0.240. The lowest BCUT2D eigenvalue weighted by atomic mass is 10.0. The van der Waals surface area contributed by atoms with Crippen molar-refractivity contribution in [3.05, 3.63) is 113 Å². The van der Waals surface area contributed by atoms with E-state index in [4.69, 9.17) is 20.7 Å². The van der Waals surface area contributed by atoms with Gasteiger partial charge in [0, 0.05) is 31.9 Å². The van der Waals surface area contributed by atoms with E-state index in [0.717, 1.165) is 24.3 Å². The van der Waals surface area contributed by atoms with Gasteiger partial charge in [0.05, 0.1) is 17.3 Å². The molecule has 11 nitrogen and oxygen atoms in total. The summed E-state index contributed by atoms with van der Waals surface area (Å²) in [6, 6.07) is 21.6. The molecule has 2 unspecified atom stereocenters. The first kappa shape index (κ1) is 32.5. The molecule has 5 rings (SSSR count). The summed E-state index contributed by atoms with van der Waals surface area (Å²) in [5.74, 6) is -4.96. The molecule has 0 aliphatic carbocycles. The van der Waals surface area contributed by atoms with Crippen LogP contribution >= 0.6 is 0 Å². The van der Waals surface area contributed by atoms with Gasteiger partial charge in [0.1, 0.15) is 6.04 Å². The number of aromatic nitrogens is 3. The standard InChI is InChI=1S/C29H28N6O3.C2HF3O2/c1-19(34-17-21-10-5-6-11-22(21)18-34)24-13-15-35(33-24)28-23(12-7-14-31-28)29(38)32-25(26(36)27(30)37)16-20-8-3-2-4-9-20;3-2(4,5)1(6)7/h2-15,19,25H,16-18H2,1H3,(H2,30,37)(H,32,38);(H,6,7). The largest absolute Gasteiger partial charge is 0.490 e. The van der Waals surface area contributed by atoms with E-state index < -0.39 is 35.8 Å². The van der Waals surface area contributed by atoms with E-state index in [1.165, 1.54) is 11.1 Å². The van der Waals surface area contributed by atoms with E-state index in [9.17, 15) is 27.6 Å². The number of rotatable bonds is 9. The lowest BCUT2D eigenvalue weighted by Gasteiger charge is -2.22. The topological polar surface area (TPSA) is 161 Å². The van der Waals surface area contributed by atoms with Gasteiger partial charge >= 0.3 is 12.1 Å². The number of nitrogens with zero attached hydrogens (tertiary/aromatic N) is 4. The molecular weight excluding hydrogens is 593 g/mol. The fourth-order valence-corrected chi connectivity index (χ4v) is 4.72. The molecule has 3 heterocycles. The van der Waals surface area contributed by atoms with E-state index in [1.54, 1.807) is 29.2 Å². The van der Waals surface area contributed by atoms with Crippen molar-refractivity contribution in [2.45, 2.75) is 44.7 Å². The highest BCUT2D eigenvalue weighted by Gasteiger charge is 2.38. The number of amides is 2. The molecule has 0 bridgehead atoms. The summed E-state index contributed by atoms with van der Waals surface area (Å²) >= 11 is 0. The van der Waals surface area contributed by atoms with Crippen LogP contribution in [0.2, 0.25) is 0 Å². The van der Waals surface area contributed by atoms with Crippen LogP contribution in [-0.4, -0.2) is 60.6 Å². The van der Waals surface area contributed by atoms with Crippen LogP contribution < -0.4 is 11.1 Å². The second-order valence-electron chi connectivity index (χ2n) is 10.2. The summed E-state index contributed by atoms with van der Waals surface area (Å²) in [6.07, 6.45) is -1.61. The van der Waals surface area contributed by atoms with Crippen LogP contribution in [0.15, 0.2) is 85.2 Å². The van der Waals surface area contributed by atoms with Crippen molar-refractivity contribution in [2.24, 2.45) is 5.73 Å². The molecule has 0 saturated carbocycles. The third-order valence-corrected chi connectivity index (χ3v) is 7.09. The SMILES string of the molecule is CC(c1ccn(-c2ncccc2C(=O)NC(Cc2ccccc2)C(=O)C(N)=O)n1)N1Cc2ccccc2C1.O=C(O)C(F)(F)F. The number of carbonyl (C=O) groups excluding carboxylic acids is 3. The zero-order chi connectivity index (χ0) is 32.7. The van der Waals surface area contributed by atoms with E-state index in [0.29, 0.717) is 5.82 Å². The molecule has 1 aliphatic rings. The molecule has 0 fully saturated rings. The number of carbonyl (C=O) groups is 4. The summed E-state index contributed by atoms with van der Waals surface area (Å²) in [6.45, 7) is 3.80. The Morgan fingerprint density at radius 1 is 0.956 bits per heavy atom. The number of Topliss-reactive ketones (excluding diaryl/α,β-unsaturated/α-hetero) is 1. The number of pyridine rings is 1. The van der Waals surface area contributed by atoms with Gasteiger partial charge in [0.15, 0.2) is 5.82 Å². The minimum absolute atomic E-state index is 0.0491. The van der Waals surface area contributed by atoms with Crippen molar-refractivity contribution in [3.8, 4) is 5.82 Å². The Labute approximate surface area is 255 Å². The van der Waals surface area contributed by atoms with Crippen LogP contribution in [0, 0.1) is 0 Å². The minimum Gasteiger partial charge on any atom is -0.475 e. The van der Waals surface area contributed by atoms with Crippen molar-refractivity contribution in [2.75, 3.05) is 0 Å². The maximum atomic E-state index is 13.3. The predicted molar refractivity (Wildman–Crippen MR) is 155 cm³/mol. The van der Waals surface area contributed by atoms with Gasteiger partial charge < -0.3 is 16.2 Å². The smallest absolute Gasteiger partial charge is 0.475 e. The van der Waals surface area contributed by atoms with Gasteiger partial charge in [-0.1, -0.05) is 54.6 Å².